The summed E-state index contributed by atoms with van der Waals surface area (Å²) in [7, 11) is 1.99. The summed E-state index contributed by atoms with van der Waals surface area (Å²) in [4.78, 5) is 2.44. The molecule has 0 radical (unpaired) electrons. The highest BCUT2D eigenvalue weighted by Crippen LogP contribution is 2.18. The summed E-state index contributed by atoms with van der Waals surface area (Å²) < 4.78 is 1.93. The van der Waals surface area contributed by atoms with Crippen molar-refractivity contribution in [3.05, 3.63) is 17.5 Å². The zero-order chi connectivity index (χ0) is 11.7. The van der Waals surface area contributed by atoms with Crippen LogP contribution >= 0.6 is 0 Å². The van der Waals surface area contributed by atoms with Crippen molar-refractivity contribution < 1.29 is 0 Å². The molecular formula is C12H22N4. The van der Waals surface area contributed by atoms with E-state index < -0.39 is 0 Å². The van der Waals surface area contributed by atoms with Gasteiger partial charge in [0.05, 0.1) is 6.20 Å². The molecule has 0 aliphatic carbocycles. The van der Waals surface area contributed by atoms with Crippen molar-refractivity contribution in [3.63, 3.8) is 0 Å². The van der Waals surface area contributed by atoms with Crippen LogP contribution in [0.25, 0.3) is 0 Å². The van der Waals surface area contributed by atoms with Gasteiger partial charge in [-0.3, -0.25) is 9.58 Å². The summed E-state index contributed by atoms with van der Waals surface area (Å²) in [6.07, 6.45) is 3.18. The third-order valence-corrected chi connectivity index (χ3v) is 3.83. The number of likely N-dealkylation sites (tertiary alicyclic amines) is 1. The van der Waals surface area contributed by atoms with Crippen LogP contribution in [0.4, 0.5) is 0 Å². The lowest BCUT2D eigenvalue weighted by atomic mass is 9.94. The van der Waals surface area contributed by atoms with E-state index in [9.17, 15) is 0 Å². The third-order valence-electron chi connectivity index (χ3n) is 3.83. The van der Waals surface area contributed by atoms with Crippen molar-refractivity contribution in [1.82, 2.24) is 14.7 Å². The molecule has 16 heavy (non-hydrogen) atoms. The summed E-state index contributed by atoms with van der Waals surface area (Å²) in [5.74, 6) is 0.659. The van der Waals surface area contributed by atoms with Crippen molar-refractivity contribution in [2.75, 3.05) is 13.1 Å². The molecule has 2 unspecified atom stereocenters. The van der Waals surface area contributed by atoms with Crippen molar-refractivity contribution in [2.24, 2.45) is 18.7 Å². The number of piperidine rings is 1. The third kappa shape index (κ3) is 2.28. The van der Waals surface area contributed by atoms with Crippen LogP contribution in [0.2, 0.25) is 0 Å². The molecule has 4 nitrogen and oxygen atoms in total. The quantitative estimate of drug-likeness (QED) is 0.808. The fourth-order valence-corrected chi connectivity index (χ4v) is 2.25. The monoisotopic (exact) mass is 222 g/mol. The molecule has 0 saturated carbocycles. The predicted octanol–water partition coefficient (Wildman–Crippen LogP) is 0.898. The first-order valence-corrected chi connectivity index (χ1v) is 6.03. The second-order valence-corrected chi connectivity index (χ2v) is 5.04. The molecule has 1 aromatic heterocycles. The van der Waals surface area contributed by atoms with Gasteiger partial charge in [0.25, 0.3) is 0 Å². The van der Waals surface area contributed by atoms with E-state index in [1.165, 1.54) is 17.7 Å². The van der Waals surface area contributed by atoms with Crippen LogP contribution in [0.15, 0.2) is 6.20 Å². The molecule has 1 fully saturated rings. The fraction of sp³-hybridized carbons (Fsp3) is 0.750. The molecular weight excluding hydrogens is 200 g/mol. The Kier molecular flexibility index (Phi) is 3.30. The van der Waals surface area contributed by atoms with Crippen LogP contribution in [-0.4, -0.2) is 33.8 Å². The number of hydrogen-bond acceptors (Lipinski definition) is 3. The van der Waals surface area contributed by atoms with Gasteiger partial charge in [-0.15, -0.1) is 0 Å². The molecule has 0 spiro atoms. The molecule has 0 bridgehead atoms. The van der Waals surface area contributed by atoms with Crippen LogP contribution in [-0.2, 0) is 13.6 Å². The van der Waals surface area contributed by atoms with Gasteiger partial charge in [-0.25, -0.2) is 0 Å². The molecule has 4 heteroatoms. The second kappa shape index (κ2) is 4.55. The van der Waals surface area contributed by atoms with Gasteiger partial charge in [-0.1, -0.05) is 6.92 Å². The van der Waals surface area contributed by atoms with Crippen molar-refractivity contribution in [1.29, 1.82) is 0 Å². The van der Waals surface area contributed by atoms with Gasteiger partial charge in [-0.2, -0.15) is 5.10 Å². The highest BCUT2D eigenvalue weighted by atomic mass is 15.3. The summed E-state index contributed by atoms with van der Waals surface area (Å²) in [5, 5.41) is 4.27. The number of rotatable bonds is 2. The van der Waals surface area contributed by atoms with E-state index in [0.717, 1.165) is 19.6 Å². The number of aryl methyl sites for hydroxylation is 1. The van der Waals surface area contributed by atoms with Crippen LogP contribution in [0.3, 0.4) is 0 Å². The lowest BCUT2D eigenvalue weighted by Crippen LogP contribution is -2.47. The second-order valence-electron chi connectivity index (χ2n) is 5.04. The van der Waals surface area contributed by atoms with E-state index in [2.05, 4.69) is 23.8 Å². The smallest absolute Gasteiger partial charge is 0.0537 e. The lowest BCUT2D eigenvalue weighted by molar-refractivity contribution is 0.162. The maximum Gasteiger partial charge on any atom is 0.0537 e. The molecule has 0 amide bonds. The summed E-state index contributed by atoms with van der Waals surface area (Å²) in [5.41, 5.74) is 8.68. The SMILES string of the molecule is Cc1c(CN2CCC(C)C(N)C2)cnn1C. The lowest BCUT2D eigenvalue weighted by Gasteiger charge is -2.34. The fourth-order valence-electron chi connectivity index (χ4n) is 2.25. The van der Waals surface area contributed by atoms with Gasteiger partial charge in [0.15, 0.2) is 0 Å². The summed E-state index contributed by atoms with van der Waals surface area (Å²) >= 11 is 0. The summed E-state index contributed by atoms with van der Waals surface area (Å²) in [6.45, 7) is 7.52. The zero-order valence-electron chi connectivity index (χ0n) is 10.5. The van der Waals surface area contributed by atoms with E-state index in [1.807, 2.05) is 17.9 Å². The Morgan fingerprint density at radius 1 is 1.56 bits per heavy atom. The number of nitrogens with zero attached hydrogens (tertiary/aromatic N) is 3. The van der Waals surface area contributed by atoms with Crippen LogP contribution in [0.1, 0.15) is 24.6 Å². The zero-order valence-corrected chi connectivity index (χ0v) is 10.5. The normalized spacial score (nSPS) is 27.2. The molecule has 90 valence electrons. The maximum atomic E-state index is 6.10. The number of aromatic nitrogens is 2. The van der Waals surface area contributed by atoms with Gasteiger partial charge in [0.1, 0.15) is 0 Å². The van der Waals surface area contributed by atoms with Crippen LogP contribution in [0, 0.1) is 12.8 Å². The molecule has 2 heterocycles. The summed E-state index contributed by atoms with van der Waals surface area (Å²) in [6, 6.07) is 0.325. The Morgan fingerprint density at radius 2 is 2.31 bits per heavy atom. The minimum Gasteiger partial charge on any atom is -0.326 e. The Labute approximate surface area is 97.4 Å². The molecule has 2 rings (SSSR count). The Bertz CT molecular complexity index is 358. The average Bonchev–Trinajstić information content (AvgIpc) is 2.55. The highest BCUT2D eigenvalue weighted by Gasteiger charge is 2.23. The van der Waals surface area contributed by atoms with Crippen LogP contribution in [0.5, 0.6) is 0 Å². The molecule has 1 aliphatic heterocycles. The average molecular weight is 222 g/mol. The standard InChI is InChI=1S/C12H22N4/c1-9-4-5-16(8-12(9)13)7-11-6-14-15(3)10(11)2/h6,9,12H,4-5,7-8,13H2,1-3H3. The van der Waals surface area contributed by atoms with E-state index in [0.29, 0.717) is 12.0 Å². The van der Waals surface area contributed by atoms with Crippen LogP contribution < -0.4 is 5.73 Å². The van der Waals surface area contributed by atoms with E-state index in [4.69, 9.17) is 5.73 Å². The van der Waals surface area contributed by atoms with Crippen molar-refractivity contribution in [3.8, 4) is 0 Å². The first-order valence-electron chi connectivity index (χ1n) is 6.03. The van der Waals surface area contributed by atoms with Gasteiger partial charge >= 0.3 is 0 Å². The minimum absolute atomic E-state index is 0.325. The van der Waals surface area contributed by atoms with Gasteiger partial charge in [0.2, 0.25) is 0 Å². The van der Waals surface area contributed by atoms with E-state index in [1.54, 1.807) is 0 Å². The highest BCUT2D eigenvalue weighted by molar-refractivity contribution is 5.15. The molecule has 1 saturated heterocycles. The molecule has 0 aromatic carbocycles. The van der Waals surface area contributed by atoms with E-state index >= 15 is 0 Å². The minimum atomic E-state index is 0.325. The van der Waals surface area contributed by atoms with E-state index in [-0.39, 0.29) is 0 Å². The van der Waals surface area contributed by atoms with Crippen molar-refractivity contribution >= 4 is 0 Å². The Hall–Kier alpha value is -0.870. The molecule has 2 atom stereocenters. The van der Waals surface area contributed by atoms with Gasteiger partial charge < -0.3 is 5.73 Å². The predicted molar refractivity (Wildman–Crippen MR) is 65.0 cm³/mol. The maximum absolute atomic E-state index is 6.10. The number of nitrogens with two attached hydrogens (primary N) is 1. The Balaban J connectivity index is 1.98. The first kappa shape index (κ1) is 11.6. The van der Waals surface area contributed by atoms with Gasteiger partial charge in [-0.05, 0) is 25.8 Å². The molecule has 1 aromatic rings. The first-order chi connectivity index (χ1) is 7.58. The van der Waals surface area contributed by atoms with Crippen molar-refractivity contribution in [2.45, 2.75) is 32.9 Å². The largest absolute Gasteiger partial charge is 0.326 e. The molecule has 2 N–H and O–H groups in total. The Morgan fingerprint density at radius 3 is 2.88 bits per heavy atom. The van der Waals surface area contributed by atoms with Gasteiger partial charge in [0, 0.05) is 37.4 Å². The number of hydrogen-bond donors (Lipinski definition) is 1. The molecule has 1 aliphatic rings. The topological polar surface area (TPSA) is 47.1 Å².